The highest BCUT2D eigenvalue weighted by atomic mass is 15.3. The van der Waals surface area contributed by atoms with E-state index in [2.05, 4.69) is 60.2 Å². The van der Waals surface area contributed by atoms with Crippen LogP contribution in [0, 0.1) is 5.92 Å². The second-order valence-corrected chi connectivity index (χ2v) is 6.89. The smallest absolute Gasteiger partial charge is 0.0648 e. The summed E-state index contributed by atoms with van der Waals surface area (Å²) in [7, 11) is 4.43. The molecule has 1 saturated heterocycles. The maximum atomic E-state index is 4.33. The molecule has 0 unspecified atom stereocenters. The minimum absolute atomic E-state index is 0.684. The van der Waals surface area contributed by atoms with E-state index in [-0.39, 0.29) is 0 Å². The minimum Gasteiger partial charge on any atom is -0.305 e. The summed E-state index contributed by atoms with van der Waals surface area (Å²) in [5, 5.41) is 4.33. The maximum absolute atomic E-state index is 4.33. The molecule has 23 heavy (non-hydrogen) atoms. The van der Waals surface area contributed by atoms with Crippen LogP contribution >= 0.6 is 0 Å². The van der Waals surface area contributed by atoms with Gasteiger partial charge in [-0.1, -0.05) is 25.5 Å². The zero-order valence-electron chi connectivity index (χ0n) is 14.5. The molecule has 2 aromatic rings. The van der Waals surface area contributed by atoms with Crippen LogP contribution in [0.4, 0.5) is 0 Å². The van der Waals surface area contributed by atoms with Crippen LogP contribution in [-0.2, 0) is 6.54 Å². The van der Waals surface area contributed by atoms with Crippen molar-refractivity contribution in [3.8, 4) is 5.69 Å². The van der Waals surface area contributed by atoms with E-state index in [1.54, 1.807) is 0 Å². The summed E-state index contributed by atoms with van der Waals surface area (Å²) in [5.41, 5.74) is 2.51. The van der Waals surface area contributed by atoms with E-state index in [1.807, 2.05) is 23.1 Å². The zero-order chi connectivity index (χ0) is 16.2. The Kier molecular flexibility index (Phi) is 5.13. The van der Waals surface area contributed by atoms with Crippen LogP contribution in [0.15, 0.2) is 42.7 Å². The summed E-state index contributed by atoms with van der Waals surface area (Å²) in [6.07, 6.45) is 6.42. The number of likely N-dealkylation sites (tertiary alicyclic amines) is 1. The summed E-state index contributed by atoms with van der Waals surface area (Å²) >= 11 is 0. The molecule has 0 radical (unpaired) electrons. The van der Waals surface area contributed by atoms with Crippen LogP contribution < -0.4 is 0 Å². The molecule has 2 heterocycles. The van der Waals surface area contributed by atoms with E-state index in [1.165, 1.54) is 31.5 Å². The molecule has 4 heteroatoms. The third-order valence-electron chi connectivity index (χ3n) is 4.89. The van der Waals surface area contributed by atoms with Crippen LogP contribution in [0.3, 0.4) is 0 Å². The van der Waals surface area contributed by atoms with Gasteiger partial charge in [0.2, 0.25) is 0 Å². The lowest BCUT2D eigenvalue weighted by Crippen LogP contribution is -2.35. The third kappa shape index (κ3) is 3.82. The monoisotopic (exact) mass is 312 g/mol. The van der Waals surface area contributed by atoms with Gasteiger partial charge in [-0.25, -0.2) is 4.68 Å². The quantitative estimate of drug-likeness (QED) is 0.819. The minimum atomic E-state index is 0.684. The van der Waals surface area contributed by atoms with Crippen molar-refractivity contribution in [1.82, 2.24) is 19.6 Å². The molecule has 1 fully saturated rings. The van der Waals surface area contributed by atoms with Gasteiger partial charge in [0.15, 0.2) is 0 Å². The molecule has 1 aromatic heterocycles. The molecule has 4 nitrogen and oxygen atoms in total. The Bertz CT molecular complexity index is 606. The number of likely N-dealkylation sites (N-methyl/N-ethyl adjacent to an activating group) is 1. The Labute approximate surface area is 139 Å². The Morgan fingerprint density at radius 2 is 2.09 bits per heavy atom. The number of rotatable bonds is 6. The molecule has 3 rings (SSSR count). The summed E-state index contributed by atoms with van der Waals surface area (Å²) in [6.45, 7) is 5.70. The van der Waals surface area contributed by atoms with Crippen molar-refractivity contribution in [2.24, 2.45) is 5.92 Å². The first-order valence-corrected chi connectivity index (χ1v) is 8.65. The van der Waals surface area contributed by atoms with Crippen LogP contribution in [-0.4, -0.2) is 52.8 Å². The molecule has 124 valence electrons. The van der Waals surface area contributed by atoms with Crippen LogP contribution in [0.1, 0.15) is 25.3 Å². The molecule has 0 bridgehead atoms. The van der Waals surface area contributed by atoms with E-state index in [0.717, 1.165) is 18.2 Å². The van der Waals surface area contributed by atoms with Crippen molar-refractivity contribution in [2.75, 3.05) is 27.2 Å². The second kappa shape index (κ2) is 7.28. The van der Waals surface area contributed by atoms with Gasteiger partial charge >= 0.3 is 0 Å². The average molecular weight is 312 g/mol. The second-order valence-electron chi connectivity index (χ2n) is 6.89. The summed E-state index contributed by atoms with van der Waals surface area (Å²) in [5.74, 6) is 0.796. The van der Waals surface area contributed by atoms with Crippen molar-refractivity contribution in [3.05, 3.63) is 48.3 Å². The van der Waals surface area contributed by atoms with Crippen LogP contribution in [0.25, 0.3) is 5.69 Å². The zero-order valence-corrected chi connectivity index (χ0v) is 14.5. The topological polar surface area (TPSA) is 24.3 Å². The maximum Gasteiger partial charge on any atom is 0.0648 e. The van der Waals surface area contributed by atoms with Gasteiger partial charge in [-0.3, -0.25) is 4.90 Å². The predicted octanol–water partition coefficient (Wildman–Crippen LogP) is 3.03. The van der Waals surface area contributed by atoms with Crippen molar-refractivity contribution < 1.29 is 0 Å². The van der Waals surface area contributed by atoms with Crippen molar-refractivity contribution in [2.45, 2.75) is 32.4 Å². The van der Waals surface area contributed by atoms with Gasteiger partial charge in [-0.15, -0.1) is 0 Å². The molecule has 1 aromatic carbocycles. The molecule has 1 aliphatic heterocycles. The van der Waals surface area contributed by atoms with Gasteiger partial charge in [-0.05, 0) is 50.2 Å². The van der Waals surface area contributed by atoms with Crippen molar-refractivity contribution >= 4 is 0 Å². The highest BCUT2D eigenvalue weighted by Gasteiger charge is 2.33. The number of aromatic nitrogens is 2. The van der Waals surface area contributed by atoms with E-state index < -0.39 is 0 Å². The number of benzene rings is 1. The number of hydrogen-bond donors (Lipinski definition) is 0. The van der Waals surface area contributed by atoms with E-state index in [4.69, 9.17) is 0 Å². The number of nitrogens with zero attached hydrogens (tertiary/aromatic N) is 4. The van der Waals surface area contributed by atoms with Crippen LogP contribution in [0.5, 0.6) is 0 Å². The largest absolute Gasteiger partial charge is 0.305 e. The Balaban J connectivity index is 1.69. The number of hydrogen-bond acceptors (Lipinski definition) is 3. The first kappa shape index (κ1) is 16.2. The van der Waals surface area contributed by atoms with Gasteiger partial charge in [0, 0.05) is 38.1 Å². The summed E-state index contributed by atoms with van der Waals surface area (Å²) in [4.78, 5) is 5.01. The normalized spacial score (nSPS) is 22.1. The van der Waals surface area contributed by atoms with E-state index in [9.17, 15) is 0 Å². The Hall–Kier alpha value is -1.65. The van der Waals surface area contributed by atoms with Crippen molar-refractivity contribution in [1.29, 1.82) is 0 Å². The third-order valence-corrected chi connectivity index (χ3v) is 4.89. The average Bonchev–Trinajstić information content (AvgIpc) is 3.18. The van der Waals surface area contributed by atoms with Gasteiger partial charge in [-0.2, -0.15) is 5.10 Å². The fraction of sp³-hybridized carbons (Fsp3) is 0.526. The van der Waals surface area contributed by atoms with Gasteiger partial charge in [0.25, 0.3) is 0 Å². The predicted molar refractivity (Wildman–Crippen MR) is 94.7 cm³/mol. The van der Waals surface area contributed by atoms with Gasteiger partial charge < -0.3 is 4.90 Å². The molecule has 0 amide bonds. The van der Waals surface area contributed by atoms with Gasteiger partial charge in [0.1, 0.15) is 0 Å². The summed E-state index contributed by atoms with van der Waals surface area (Å²) < 4.78 is 1.93. The fourth-order valence-corrected chi connectivity index (χ4v) is 3.79. The van der Waals surface area contributed by atoms with Crippen LogP contribution in [0.2, 0.25) is 0 Å². The van der Waals surface area contributed by atoms with E-state index in [0.29, 0.717) is 6.04 Å². The molecular formula is C19H28N4. The fourth-order valence-electron chi connectivity index (χ4n) is 3.79. The lowest BCUT2D eigenvalue weighted by atomic mass is 9.98. The SMILES string of the molecule is CCC[C@@H]1CN(Cc2cccc(-n3cccn3)c2)C[C@H]1N(C)C. The van der Waals surface area contributed by atoms with Crippen molar-refractivity contribution in [3.63, 3.8) is 0 Å². The molecule has 0 aliphatic carbocycles. The molecule has 2 atom stereocenters. The lowest BCUT2D eigenvalue weighted by Gasteiger charge is -2.24. The highest BCUT2D eigenvalue weighted by molar-refractivity contribution is 5.35. The summed E-state index contributed by atoms with van der Waals surface area (Å²) in [6, 6.07) is 11.4. The Morgan fingerprint density at radius 3 is 2.78 bits per heavy atom. The first-order valence-electron chi connectivity index (χ1n) is 8.65. The van der Waals surface area contributed by atoms with Gasteiger partial charge in [0.05, 0.1) is 5.69 Å². The molecular weight excluding hydrogens is 284 g/mol. The molecule has 0 saturated carbocycles. The Morgan fingerprint density at radius 1 is 1.22 bits per heavy atom. The molecule has 1 aliphatic rings. The highest BCUT2D eigenvalue weighted by Crippen LogP contribution is 2.26. The molecule has 0 spiro atoms. The molecule has 0 N–H and O–H groups in total. The van der Waals surface area contributed by atoms with E-state index >= 15 is 0 Å². The lowest BCUT2D eigenvalue weighted by molar-refractivity contribution is 0.239. The first-order chi connectivity index (χ1) is 11.2. The standard InChI is InChI=1S/C19H28N4/c1-4-7-17-14-22(15-19(17)21(2)3)13-16-8-5-9-18(12-16)23-11-6-10-20-23/h5-6,8-12,17,19H,4,7,13-15H2,1-3H3/t17-,19-/m1/s1.